The maximum Gasteiger partial charge on any atom is 0.269 e. The summed E-state index contributed by atoms with van der Waals surface area (Å²) in [5, 5.41) is 13.5. The van der Waals surface area contributed by atoms with E-state index in [2.05, 4.69) is 16.0 Å². The van der Waals surface area contributed by atoms with Crippen molar-refractivity contribution in [2.45, 2.75) is 0 Å². The fourth-order valence-electron chi connectivity index (χ4n) is 2.56. The third-order valence-corrected chi connectivity index (χ3v) is 4.17. The molecule has 0 saturated heterocycles. The first-order valence-corrected chi connectivity index (χ1v) is 8.75. The minimum Gasteiger partial charge on any atom is -0.272 e. The predicted molar refractivity (Wildman–Crippen MR) is 105 cm³/mol. The van der Waals surface area contributed by atoms with Gasteiger partial charge in [0, 0.05) is 29.3 Å². The zero-order chi connectivity index (χ0) is 21.0. The summed E-state index contributed by atoms with van der Waals surface area (Å²) in [6, 6.07) is 13.4. The summed E-state index contributed by atoms with van der Waals surface area (Å²) in [7, 11) is 0. The molecule has 29 heavy (non-hydrogen) atoms. The number of hydrazine groups is 1. The average molecular weight is 416 g/mol. The van der Waals surface area contributed by atoms with Crippen LogP contribution < -0.4 is 16.4 Å². The molecule has 3 N–H and O–H groups in total. The lowest BCUT2D eigenvalue weighted by molar-refractivity contribution is -0.384. The number of H-pyrrole nitrogens is 1. The molecular weight excluding hydrogens is 402 g/mol. The number of aromatic amines is 1. The summed E-state index contributed by atoms with van der Waals surface area (Å²) < 4.78 is 1.50. The Kier molecular flexibility index (Phi) is 5.74. The Hall–Kier alpha value is -3.92. The minimum atomic E-state index is -0.547. The molecule has 2 aromatic carbocycles. The minimum absolute atomic E-state index is 0.0604. The SMILES string of the molecule is O=C(CCl)NNC(=O)c1ccc(-n2[nH]c(=O)cc2-c2ccc([N+](=O)[O-])cc2)cc1. The molecule has 0 saturated carbocycles. The molecule has 0 atom stereocenters. The van der Waals surface area contributed by atoms with E-state index in [0.29, 0.717) is 16.9 Å². The largest absolute Gasteiger partial charge is 0.272 e. The number of hydrogen-bond acceptors (Lipinski definition) is 5. The van der Waals surface area contributed by atoms with Crippen LogP contribution in [-0.4, -0.2) is 32.4 Å². The van der Waals surface area contributed by atoms with Crippen molar-refractivity contribution in [1.29, 1.82) is 0 Å². The number of aromatic nitrogens is 2. The molecule has 11 heteroatoms. The van der Waals surface area contributed by atoms with Crippen molar-refractivity contribution in [2.24, 2.45) is 0 Å². The van der Waals surface area contributed by atoms with Crippen molar-refractivity contribution < 1.29 is 14.5 Å². The molecule has 3 rings (SSSR count). The number of nitrogens with zero attached hydrogens (tertiary/aromatic N) is 2. The molecule has 0 aliphatic carbocycles. The fourth-order valence-corrected chi connectivity index (χ4v) is 2.62. The van der Waals surface area contributed by atoms with Gasteiger partial charge in [0.2, 0.25) is 0 Å². The van der Waals surface area contributed by atoms with Crippen molar-refractivity contribution in [3.63, 3.8) is 0 Å². The lowest BCUT2D eigenvalue weighted by Gasteiger charge is -2.10. The van der Waals surface area contributed by atoms with Crippen LogP contribution in [0.5, 0.6) is 0 Å². The van der Waals surface area contributed by atoms with E-state index in [1.54, 1.807) is 24.3 Å². The number of carbonyl (C=O) groups excluding carboxylic acids is 2. The van der Waals surface area contributed by atoms with Crippen LogP contribution in [0.4, 0.5) is 5.69 Å². The number of halogens is 1. The molecule has 0 spiro atoms. The van der Waals surface area contributed by atoms with E-state index in [-0.39, 0.29) is 22.7 Å². The van der Waals surface area contributed by atoms with Crippen LogP contribution in [0, 0.1) is 10.1 Å². The van der Waals surface area contributed by atoms with E-state index >= 15 is 0 Å². The number of nitro benzene ring substituents is 1. The number of non-ortho nitro benzene ring substituents is 1. The second-order valence-electron chi connectivity index (χ2n) is 5.83. The highest BCUT2D eigenvalue weighted by Gasteiger charge is 2.13. The van der Waals surface area contributed by atoms with Gasteiger partial charge in [0.15, 0.2) is 0 Å². The fraction of sp³-hybridized carbons (Fsp3) is 0.0556. The standard InChI is InChI=1S/C18H14ClN5O5/c19-10-17(26)20-21-18(27)12-3-5-13(6-4-12)23-15(9-16(25)22-23)11-1-7-14(8-2-11)24(28)29/h1-9H,10H2,(H,20,26)(H,21,27)(H,22,25). The Balaban J connectivity index is 1.86. The van der Waals surface area contributed by atoms with E-state index in [1.807, 2.05) is 0 Å². The van der Waals surface area contributed by atoms with Gasteiger partial charge in [0.05, 0.1) is 16.3 Å². The first-order chi connectivity index (χ1) is 13.9. The summed E-state index contributed by atoms with van der Waals surface area (Å²) in [5.74, 6) is -1.37. The van der Waals surface area contributed by atoms with Crippen LogP contribution in [0.1, 0.15) is 10.4 Å². The lowest BCUT2D eigenvalue weighted by atomic mass is 10.1. The van der Waals surface area contributed by atoms with Crippen molar-refractivity contribution in [3.05, 3.63) is 80.6 Å². The van der Waals surface area contributed by atoms with Crippen LogP contribution >= 0.6 is 11.6 Å². The van der Waals surface area contributed by atoms with Crippen LogP contribution in [0.3, 0.4) is 0 Å². The maximum absolute atomic E-state index is 12.0. The van der Waals surface area contributed by atoms with E-state index in [0.717, 1.165) is 0 Å². The molecule has 0 bridgehead atoms. The van der Waals surface area contributed by atoms with Crippen molar-refractivity contribution in [1.82, 2.24) is 20.6 Å². The second kappa shape index (κ2) is 8.40. The van der Waals surface area contributed by atoms with Gasteiger partial charge in [0.1, 0.15) is 5.88 Å². The van der Waals surface area contributed by atoms with Gasteiger partial charge in [-0.15, -0.1) is 11.6 Å². The first kappa shape index (κ1) is 19.8. The Morgan fingerprint density at radius 3 is 2.31 bits per heavy atom. The Bertz CT molecular complexity index is 1120. The van der Waals surface area contributed by atoms with E-state index in [4.69, 9.17) is 11.6 Å². The molecule has 0 fully saturated rings. The van der Waals surface area contributed by atoms with Crippen molar-refractivity contribution in [2.75, 3.05) is 5.88 Å². The van der Waals surface area contributed by atoms with Crippen LogP contribution in [0.2, 0.25) is 0 Å². The van der Waals surface area contributed by atoms with Gasteiger partial charge in [0.25, 0.3) is 23.1 Å². The third-order valence-electron chi connectivity index (χ3n) is 3.93. The number of nitro groups is 1. The van der Waals surface area contributed by atoms with Gasteiger partial charge in [-0.25, -0.2) is 0 Å². The molecule has 3 aromatic rings. The molecule has 0 radical (unpaired) electrons. The Morgan fingerprint density at radius 2 is 1.72 bits per heavy atom. The number of amides is 2. The molecule has 0 aliphatic heterocycles. The van der Waals surface area contributed by atoms with Gasteiger partial charge in [-0.3, -0.25) is 45.1 Å². The molecule has 0 unspecified atom stereocenters. The molecule has 148 valence electrons. The van der Waals surface area contributed by atoms with Gasteiger partial charge in [-0.1, -0.05) is 0 Å². The summed E-state index contributed by atoms with van der Waals surface area (Å²) in [5.41, 5.74) is 5.88. The monoisotopic (exact) mass is 415 g/mol. The van der Waals surface area contributed by atoms with Gasteiger partial charge >= 0.3 is 0 Å². The van der Waals surface area contributed by atoms with Gasteiger partial charge < -0.3 is 0 Å². The quantitative estimate of drug-likeness (QED) is 0.331. The average Bonchev–Trinajstić information content (AvgIpc) is 3.13. The van der Waals surface area contributed by atoms with Crippen molar-refractivity contribution in [3.8, 4) is 16.9 Å². The maximum atomic E-state index is 12.0. The molecular formula is C18H14ClN5O5. The summed E-state index contributed by atoms with van der Waals surface area (Å²) in [6.45, 7) is 0. The highest BCUT2D eigenvalue weighted by molar-refractivity contribution is 6.27. The zero-order valence-corrected chi connectivity index (χ0v) is 15.5. The molecule has 1 heterocycles. The smallest absolute Gasteiger partial charge is 0.269 e. The first-order valence-electron chi connectivity index (χ1n) is 8.21. The van der Waals surface area contributed by atoms with Gasteiger partial charge in [-0.05, 0) is 36.4 Å². The number of rotatable bonds is 5. The topological polar surface area (TPSA) is 139 Å². The Morgan fingerprint density at radius 1 is 1.07 bits per heavy atom. The number of nitrogens with one attached hydrogen (secondary N) is 3. The number of carbonyl (C=O) groups is 2. The second-order valence-corrected chi connectivity index (χ2v) is 6.10. The highest BCUT2D eigenvalue weighted by Crippen LogP contribution is 2.23. The van der Waals surface area contributed by atoms with Crippen molar-refractivity contribution >= 4 is 29.1 Å². The zero-order valence-electron chi connectivity index (χ0n) is 14.7. The summed E-state index contributed by atoms with van der Waals surface area (Å²) in [6.07, 6.45) is 0. The molecule has 0 aliphatic rings. The number of alkyl halides is 1. The summed E-state index contributed by atoms with van der Waals surface area (Å²) >= 11 is 5.33. The van der Waals surface area contributed by atoms with E-state index < -0.39 is 16.7 Å². The Labute approximate surface area is 168 Å². The van der Waals surface area contributed by atoms with E-state index in [1.165, 1.54) is 35.0 Å². The van der Waals surface area contributed by atoms with Gasteiger partial charge in [-0.2, -0.15) is 0 Å². The number of hydrogen-bond donors (Lipinski definition) is 3. The van der Waals surface area contributed by atoms with Crippen LogP contribution in [-0.2, 0) is 4.79 Å². The normalized spacial score (nSPS) is 10.4. The molecule has 2 amide bonds. The molecule has 10 nitrogen and oxygen atoms in total. The van der Waals surface area contributed by atoms with E-state index in [9.17, 15) is 24.5 Å². The summed E-state index contributed by atoms with van der Waals surface area (Å²) in [4.78, 5) is 45.3. The van der Waals surface area contributed by atoms with Crippen LogP contribution in [0.25, 0.3) is 16.9 Å². The highest BCUT2D eigenvalue weighted by atomic mass is 35.5. The molecule has 1 aromatic heterocycles. The lowest BCUT2D eigenvalue weighted by Crippen LogP contribution is -2.42. The predicted octanol–water partition coefficient (Wildman–Crippen LogP) is 1.74. The number of benzene rings is 2. The third kappa shape index (κ3) is 4.50. The van der Waals surface area contributed by atoms with Crippen LogP contribution in [0.15, 0.2) is 59.4 Å².